The van der Waals surface area contributed by atoms with E-state index in [0.29, 0.717) is 0 Å². The molecule has 0 aliphatic carbocycles. The number of aromatic nitrogens is 4. The Morgan fingerprint density at radius 2 is 1.25 bits per heavy atom. The Morgan fingerprint density at radius 1 is 0.680 bits per heavy atom. The molecule has 0 saturated carbocycles. The topological polar surface area (TPSA) is 32.8 Å². The zero-order valence-corrected chi connectivity index (χ0v) is 44.5. The maximum atomic E-state index is 5.31. The van der Waals surface area contributed by atoms with Crippen LogP contribution in [0, 0.1) is 13.8 Å². The summed E-state index contributed by atoms with van der Waals surface area (Å²) >= 11 is 5.31. The molecule has 5 nitrogen and oxygen atoms in total. The smallest absolute Gasteiger partial charge is 0.250 e. The number of fused-ring (bicyclic) bond motifs is 20. The van der Waals surface area contributed by atoms with E-state index in [4.69, 9.17) is 12.6 Å². The minimum atomic E-state index is -0.529. The molecule has 8 aromatic carbocycles. The lowest BCUT2D eigenvalue weighted by Gasteiger charge is -2.39. The molecule has 0 bridgehead atoms. The van der Waals surface area contributed by atoms with Crippen LogP contribution in [0.1, 0.15) is 78.8 Å². The third kappa shape index (κ3) is 5.51. The summed E-state index contributed by atoms with van der Waals surface area (Å²) in [6.07, 6.45) is 7.90. The second-order valence-electron chi connectivity index (χ2n) is 21.8. The fraction of sp³-hybridized carbons (Fsp3) is 0.147. The van der Waals surface area contributed by atoms with Crippen molar-refractivity contribution in [1.82, 2.24) is 18.4 Å². The van der Waals surface area contributed by atoms with Crippen molar-refractivity contribution in [2.24, 2.45) is 0 Å². The van der Waals surface area contributed by atoms with Crippen LogP contribution in [0.4, 0.5) is 5.69 Å². The largest absolute Gasteiger partial charge is 0.358 e. The number of rotatable bonds is 7. The van der Waals surface area contributed by atoms with E-state index in [2.05, 4.69) is 225 Å². The van der Waals surface area contributed by atoms with Gasteiger partial charge >= 0.3 is 0 Å². The Bertz CT molecular complexity index is 4810. The predicted molar refractivity (Wildman–Crippen MR) is 328 cm³/mol. The van der Waals surface area contributed by atoms with Gasteiger partial charge in [0.2, 0.25) is 6.71 Å². The molecule has 5 aromatic heterocycles. The summed E-state index contributed by atoms with van der Waals surface area (Å²) in [5, 5.41) is 10.4. The van der Waals surface area contributed by atoms with Crippen LogP contribution in [0.2, 0.25) is 0 Å². The normalized spacial score (nSPS) is 13.6. The molecule has 0 fully saturated rings. The maximum Gasteiger partial charge on any atom is 0.250 e. The van der Waals surface area contributed by atoms with Crippen molar-refractivity contribution in [2.45, 2.75) is 59.1 Å². The summed E-state index contributed by atoms with van der Waals surface area (Å²) in [5.41, 5.74) is 28.4. The minimum absolute atomic E-state index is 0.149. The first-order valence-corrected chi connectivity index (χ1v) is 27.0. The number of nitrogens with zero attached hydrogens (tertiary/aromatic N) is 4. The van der Waals surface area contributed by atoms with Gasteiger partial charge in [-0.1, -0.05) is 141 Å². The van der Waals surface area contributed by atoms with Crippen LogP contribution in [-0.2, 0) is 11.2 Å². The molecule has 7 heteroatoms. The summed E-state index contributed by atoms with van der Waals surface area (Å²) in [7, 11) is 2.34. The molecular formula is C68H56BN5S. The number of hydrogen-bond acceptors (Lipinski definition) is 2. The van der Waals surface area contributed by atoms with Crippen molar-refractivity contribution in [3.63, 3.8) is 0 Å². The number of benzene rings is 8. The molecule has 362 valence electrons. The zero-order chi connectivity index (χ0) is 51.1. The highest BCUT2D eigenvalue weighted by molar-refractivity contribution is 7.81. The molecule has 0 saturated heterocycles. The molecule has 0 unspecified atom stereocenters. The van der Waals surface area contributed by atoms with Gasteiger partial charge in [-0.05, 0) is 127 Å². The van der Waals surface area contributed by atoms with E-state index in [0.717, 1.165) is 46.4 Å². The molecule has 0 amide bonds. The Kier molecular flexibility index (Phi) is 9.15. The van der Waals surface area contributed by atoms with Crippen LogP contribution < -0.4 is 21.3 Å². The van der Waals surface area contributed by atoms with Crippen LogP contribution >= 0.6 is 12.6 Å². The van der Waals surface area contributed by atoms with Gasteiger partial charge in [-0.3, -0.25) is 0 Å². The SMILES string of the molecule is C=Cc1c(C(C)(C)S)c[nH]c2c3c4c(c5c6cccc7c8ccccc8n(c76)c25)Cc2c(c(N(C)/C(C)=C(\CC)c5ccccc5C)c(C)c5c2c2cccc6c7ccccc7n5c62)B4c2ccccc2-n3c1C=C. The van der Waals surface area contributed by atoms with E-state index in [-0.39, 0.29) is 6.71 Å². The summed E-state index contributed by atoms with van der Waals surface area (Å²) < 4.78 is 7.20. The van der Waals surface area contributed by atoms with Crippen LogP contribution in [0.15, 0.2) is 159 Å². The predicted octanol–water partition coefficient (Wildman–Crippen LogP) is 15.5. The number of aryl methyl sites for hydroxylation is 2. The zero-order valence-electron chi connectivity index (χ0n) is 43.6. The van der Waals surface area contributed by atoms with Gasteiger partial charge in [-0.15, -0.1) is 0 Å². The number of allylic oxidation sites excluding steroid dienone is 2. The Balaban J connectivity index is 1.22. The van der Waals surface area contributed by atoms with E-state index in [1.54, 1.807) is 0 Å². The summed E-state index contributed by atoms with van der Waals surface area (Å²) in [6.45, 7) is 22.6. The molecule has 0 radical (unpaired) electrons. The fourth-order valence-corrected chi connectivity index (χ4v) is 14.9. The monoisotopic (exact) mass is 985 g/mol. The van der Waals surface area contributed by atoms with Crippen LogP contribution in [-0.4, -0.2) is 32.1 Å². The standard InChI is InChI=1S/C68H56BN5S/c1-10-40(42-24-14-13-23-37(42)4)39(6)71(9)63-38(5)62-57(47-29-21-27-45-43-25-15-18-32-54(43)73(62)64(45)47)49-35-50-58-48-30-22-28-46-44-26-16-19-33-55(44)74(65(46)48)66(58)61-67-60(50)69(59(49)63)52-31-17-20-34-56(52)72(67)53(12-3)41(11-2)51(36-70-61)68(7,8)75/h11-34,36,70,75H,2-3,10,35H2,1,4-9H3/b40-39+,51-36?,53-41?. The first-order valence-electron chi connectivity index (χ1n) is 26.5. The third-order valence-corrected chi connectivity index (χ3v) is 18.0. The maximum absolute atomic E-state index is 5.31. The molecule has 0 spiro atoms. The van der Waals surface area contributed by atoms with Crippen molar-refractivity contribution in [1.29, 1.82) is 0 Å². The highest BCUT2D eigenvalue weighted by Gasteiger charge is 2.45. The highest BCUT2D eigenvalue weighted by Crippen LogP contribution is 2.49. The van der Waals surface area contributed by atoms with Crippen molar-refractivity contribution in [2.75, 3.05) is 11.9 Å². The third-order valence-electron chi connectivity index (χ3n) is 17.8. The summed E-state index contributed by atoms with van der Waals surface area (Å²) in [6, 6.07) is 50.1. The number of thiol groups is 1. The van der Waals surface area contributed by atoms with Crippen LogP contribution in [0.5, 0.6) is 0 Å². The molecular weight excluding hydrogens is 930 g/mol. The molecule has 13 aromatic rings. The minimum Gasteiger partial charge on any atom is -0.358 e. The molecule has 2 aliphatic heterocycles. The van der Waals surface area contributed by atoms with Crippen molar-refractivity contribution in [3.8, 4) is 5.69 Å². The number of hydrogen-bond donors (Lipinski definition) is 2. The highest BCUT2D eigenvalue weighted by atomic mass is 32.1. The van der Waals surface area contributed by atoms with Crippen LogP contribution in [0.3, 0.4) is 0 Å². The number of aromatic amines is 1. The number of anilines is 1. The second kappa shape index (κ2) is 15.5. The summed E-state index contributed by atoms with van der Waals surface area (Å²) in [4.78, 5) is 6.71. The molecule has 15 rings (SSSR count). The molecule has 2 aliphatic rings. The Hall–Kier alpha value is -8.13. The second-order valence-corrected chi connectivity index (χ2v) is 22.9. The van der Waals surface area contributed by atoms with E-state index < -0.39 is 4.75 Å². The first kappa shape index (κ1) is 44.4. The molecule has 7 heterocycles. The average molecular weight is 986 g/mol. The van der Waals surface area contributed by atoms with Gasteiger partial charge in [0.25, 0.3) is 0 Å². The van der Waals surface area contributed by atoms with Gasteiger partial charge in [0.1, 0.15) is 0 Å². The quantitative estimate of drug-likeness (QED) is 0.121. The van der Waals surface area contributed by atoms with E-state index in [1.807, 2.05) is 12.2 Å². The lowest BCUT2D eigenvalue weighted by atomic mass is 9.31. The van der Waals surface area contributed by atoms with Gasteiger partial charge in [0, 0.05) is 83.7 Å². The number of H-pyrrole nitrogens is 1. The molecule has 0 atom stereocenters. The Morgan fingerprint density at radius 3 is 1.89 bits per heavy atom. The number of para-hydroxylation sites is 5. The van der Waals surface area contributed by atoms with Crippen molar-refractivity contribution < 1.29 is 0 Å². The van der Waals surface area contributed by atoms with Gasteiger partial charge < -0.3 is 23.3 Å². The average Bonchev–Trinajstić information content (AvgIpc) is 4.21. The van der Waals surface area contributed by atoms with Crippen LogP contribution in [0.25, 0.3) is 111 Å². The van der Waals surface area contributed by atoms with E-state index in [9.17, 15) is 0 Å². The molecule has 75 heavy (non-hydrogen) atoms. The lowest BCUT2D eigenvalue weighted by molar-refractivity contribution is 0.783. The fourth-order valence-electron chi connectivity index (χ4n) is 14.8. The number of nitrogens with one attached hydrogen (secondary N) is 1. The van der Waals surface area contributed by atoms with Gasteiger partial charge in [0.15, 0.2) is 0 Å². The van der Waals surface area contributed by atoms with Crippen molar-refractivity contribution >= 4 is 146 Å². The van der Waals surface area contributed by atoms with E-state index in [1.165, 1.54) is 137 Å². The van der Waals surface area contributed by atoms with Gasteiger partial charge in [-0.25, -0.2) is 0 Å². The first-order chi connectivity index (χ1) is 36.5. The summed E-state index contributed by atoms with van der Waals surface area (Å²) in [5.74, 6) is 0. The Labute approximate surface area is 442 Å². The van der Waals surface area contributed by atoms with Gasteiger partial charge in [0.05, 0.1) is 49.8 Å². The van der Waals surface area contributed by atoms with Crippen molar-refractivity contribution in [3.05, 3.63) is 203 Å². The van der Waals surface area contributed by atoms with Gasteiger partial charge in [-0.2, -0.15) is 12.6 Å². The van der Waals surface area contributed by atoms with E-state index >= 15 is 0 Å². The molecule has 1 N–H and O–H groups in total. The lowest BCUT2D eigenvalue weighted by Crippen LogP contribution is -2.61.